The van der Waals surface area contributed by atoms with Gasteiger partial charge in [0.2, 0.25) is 5.91 Å². The minimum Gasteiger partial charge on any atom is -0.498 e. The van der Waals surface area contributed by atoms with E-state index in [1.807, 2.05) is 0 Å². The van der Waals surface area contributed by atoms with Gasteiger partial charge in [-0.2, -0.15) is 4.98 Å². The number of amides is 1. The number of aromatic nitrogens is 2. The Hall–Kier alpha value is -2.52. The molecule has 3 fully saturated rings. The lowest BCUT2D eigenvalue weighted by molar-refractivity contribution is -0.165. The minimum atomic E-state index is -2.80. The van der Waals surface area contributed by atoms with Crippen LogP contribution in [0.25, 0.3) is 0 Å². The molecule has 2 saturated heterocycles. The number of allylic oxidation sites excluding steroid dienone is 3. The zero-order valence-electron chi connectivity index (χ0n) is 21.0. The van der Waals surface area contributed by atoms with Crippen LogP contribution in [0.15, 0.2) is 27.8 Å². The molecule has 0 spiro atoms. The van der Waals surface area contributed by atoms with Crippen LogP contribution >= 0.6 is 0 Å². The first-order valence-electron chi connectivity index (χ1n) is 13.1. The number of piperidine rings is 1. The summed E-state index contributed by atoms with van der Waals surface area (Å²) in [7, 11) is 0. The van der Waals surface area contributed by atoms with Gasteiger partial charge in [-0.15, -0.1) is 0 Å². The molecule has 2 aliphatic carbocycles. The number of hydrogen-bond donors (Lipinski definition) is 0. The van der Waals surface area contributed by atoms with Crippen molar-refractivity contribution in [1.82, 2.24) is 15.0 Å². The predicted octanol–water partition coefficient (Wildman–Crippen LogP) is 5.22. The molecule has 2 atom stereocenters. The van der Waals surface area contributed by atoms with Crippen molar-refractivity contribution in [3.63, 3.8) is 0 Å². The fourth-order valence-corrected chi connectivity index (χ4v) is 5.61. The van der Waals surface area contributed by atoms with Crippen molar-refractivity contribution in [2.45, 2.75) is 70.6 Å². The fraction of sp³-hybridized carbons (Fsp3) is 0.731. The van der Waals surface area contributed by atoms with Crippen molar-refractivity contribution in [3.05, 3.63) is 29.1 Å². The van der Waals surface area contributed by atoms with E-state index in [1.165, 1.54) is 12.5 Å². The van der Waals surface area contributed by atoms with Gasteiger partial charge in [0, 0.05) is 31.5 Å². The highest BCUT2D eigenvalue weighted by Gasteiger charge is 2.46. The Kier molecular flexibility index (Phi) is 7.05. The molecular formula is C26H35F3N4O3. The quantitative estimate of drug-likeness (QED) is 0.455. The predicted molar refractivity (Wildman–Crippen MR) is 127 cm³/mol. The van der Waals surface area contributed by atoms with Crippen molar-refractivity contribution < 1.29 is 27.2 Å². The van der Waals surface area contributed by atoms with Crippen LogP contribution in [0.2, 0.25) is 0 Å². The maximum atomic E-state index is 14.5. The summed E-state index contributed by atoms with van der Waals surface area (Å²) >= 11 is 0. The van der Waals surface area contributed by atoms with Crippen LogP contribution in [0.1, 0.15) is 70.5 Å². The van der Waals surface area contributed by atoms with Gasteiger partial charge in [0.25, 0.3) is 5.92 Å². The van der Waals surface area contributed by atoms with E-state index in [0.717, 1.165) is 49.0 Å². The zero-order valence-corrected chi connectivity index (χ0v) is 21.0. The summed E-state index contributed by atoms with van der Waals surface area (Å²) < 4.78 is 51.7. The first kappa shape index (κ1) is 25.1. The Morgan fingerprint density at radius 1 is 1.25 bits per heavy atom. The summed E-state index contributed by atoms with van der Waals surface area (Å²) in [5.41, 5.74) is 0.372. The van der Waals surface area contributed by atoms with E-state index in [-0.39, 0.29) is 12.3 Å². The van der Waals surface area contributed by atoms with Gasteiger partial charge in [-0.1, -0.05) is 19.0 Å². The molecule has 1 unspecified atom stereocenters. The van der Waals surface area contributed by atoms with Crippen LogP contribution in [0.4, 0.5) is 19.2 Å². The Bertz CT molecular complexity index is 1020. The number of ether oxygens (including phenoxy) is 1. The van der Waals surface area contributed by atoms with E-state index in [0.29, 0.717) is 48.6 Å². The normalized spacial score (nSPS) is 26.2. The van der Waals surface area contributed by atoms with E-state index in [9.17, 15) is 18.0 Å². The number of halogens is 3. The van der Waals surface area contributed by atoms with E-state index in [1.54, 1.807) is 0 Å². The Morgan fingerprint density at radius 2 is 2.00 bits per heavy atom. The molecule has 4 aliphatic rings. The Labute approximate surface area is 209 Å². The van der Waals surface area contributed by atoms with Gasteiger partial charge in [0.1, 0.15) is 5.83 Å². The molecular weight excluding hydrogens is 473 g/mol. The van der Waals surface area contributed by atoms with Crippen molar-refractivity contribution in [1.29, 1.82) is 0 Å². The average Bonchev–Trinajstić information content (AvgIpc) is 3.41. The monoisotopic (exact) mass is 508 g/mol. The average molecular weight is 509 g/mol. The van der Waals surface area contributed by atoms with Gasteiger partial charge in [0.05, 0.1) is 31.9 Å². The molecule has 36 heavy (non-hydrogen) atoms. The van der Waals surface area contributed by atoms with E-state index < -0.39 is 30.7 Å². The van der Waals surface area contributed by atoms with Crippen LogP contribution < -0.4 is 4.90 Å². The highest BCUT2D eigenvalue weighted by molar-refractivity contribution is 5.80. The third kappa shape index (κ3) is 5.72. The van der Waals surface area contributed by atoms with Crippen molar-refractivity contribution in [2.75, 3.05) is 37.7 Å². The van der Waals surface area contributed by atoms with E-state index in [4.69, 9.17) is 9.26 Å². The number of alkyl halides is 2. The van der Waals surface area contributed by atoms with Crippen LogP contribution in [0.3, 0.4) is 0 Å². The highest BCUT2D eigenvalue weighted by atomic mass is 19.3. The number of carbonyl (C=O) groups excluding carboxylic acids is 1. The molecule has 3 heterocycles. The van der Waals surface area contributed by atoms with Gasteiger partial charge < -0.3 is 19.1 Å². The molecule has 5 rings (SSSR count). The van der Waals surface area contributed by atoms with Gasteiger partial charge in [-0.3, -0.25) is 4.79 Å². The molecule has 1 amide bonds. The molecule has 1 saturated carbocycles. The van der Waals surface area contributed by atoms with Gasteiger partial charge in [-0.25, -0.2) is 13.2 Å². The zero-order chi connectivity index (χ0) is 25.4. The topological polar surface area (TPSA) is 71.7 Å². The summed E-state index contributed by atoms with van der Waals surface area (Å²) in [6.07, 6.45) is 6.58. The number of likely N-dealkylation sites (tertiary alicyclic amines) is 1. The number of nitrogens with zero attached hydrogens (tertiary/aromatic N) is 4. The summed E-state index contributed by atoms with van der Waals surface area (Å²) in [6, 6.07) is 0.634. The molecule has 7 nitrogen and oxygen atoms in total. The molecule has 0 radical (unpaired) electrons. The van der Waals surface area contributed by atoms with Gasteiger partial charge >= 0.3 is 6.01 Å². The maximum Gasteiger partial charge on any atom is 0.324 e. The summed E-state index contributed by atoms with van der Waals surface area (Å²) in [5, 5.41) is 4.07. The second kappa shape index (κ2) is 10.1. The van der Waals surface area contributed by atoms with E-state index >= 15 is 0 Å². The summed E-state index contributed by atoms with van der Waals surface area (Å²) in [6.45, 7) is 5.42. The first-order valence-corrected chi connectivity index (χ1v) is 13.1. The Morgan fingerprint density at radius 3 is 2.64 bits per heavy atom. The van der Waals surface area contributed by atoms with Crippen LogP contribution in [-0.2, 0) is 9.53 Å². The SMILES string of the molecule is CC(C)c1noc(N2CCC([C@H]3CC3CCOC3=CC(F)=C(CC(=O)N4CC(F)(F)C4)CC3)CC2)n1. The Balaban J connectivity index is 1.00. The van der Waals surface area contributed by atoms with Crippen LogP contribution in [0.5, 0.6) is 0 Å². The van der Waals surface area contributed by atoms with Gasteiger partial charge in [-0.05, 0) is 55.4 Å². The molecule has 0 N–H and O–H groups in total. The molecule has 1 aromatic rings. The lowest BCUT2D eigenvalue weighted by Gasteiger charge is -2.39. The molecule has 0 bridgehead atoms. The second-order valence-electron chi connectivity index (χ2n) is 11.1. The van der Waals surface area contributed by atoms with E-state index in [2.05, 4.69) is 28.9 Å². The standard InChI is InChI=1S/C26H35F3N4O3/c1-16(2)24-30-25(36-31-24)32-8-5-17(6-9-32)21-11-18(21)7-10-35-20-4-3-19(22(27)13-20)12-23(34)33-14-26(28,29)15-33/h13,16-18,21H,3-12,14-15H2,1-2H3/t18?,21-/m1/s1. The van der Waals surface area contributed by atoms with Crippen molar-refractivity contribution in [3.8, 4) is 0 Å². The van der Waals surface area contributed by atoms with Crippen LogP contribution in [-0.4, -0.2) is 59.7 Å². The van der Waals surface area contributed by atoms with Gasteiger partial charge in [0.15, 0.2) is 5.82 Å². The number of carbonyl (C=O) groups is 1. The first-order chi connectivity index (χ1) is 17.2. The number of hydrogen-bond acceptors (Lipinski definition) is 6. The van der Waals surface area contributed by atoms with Crippen molar-refractivity contribution in [2.24, 2.45) is 17.8 Å². The fourth-order valence-electron chi connectivity index (χ4n) is 5.61. The smallest absolute Gasteiger partial charge is 0.324 e. The molecule has 10 heteroatoms. The maximum absolute atomic E-state index is 14.5. The molecule has 198 valence electrons. The number of anilines is 1. The lowest BCUT2D eigenvalue weighted by Crippen LogP contribution is -2.58. The highest BCUT2D eigenvalue weighted by Crippen LogP contribution is 2.50. The summed E-state index contributed by atoms with van der Waals surface area (Å²) in [4.78, 5) is 19.8. The van der Waals surface area contributed by atoms with Crippen LogP contribution in [0, 0.1) is 17.8 Å². The molecule has 0 aromatic carbocycles. The largest absolute Gasteiger partial charge is 0.498 e. The molecule has 2 aliphatic heterocycles. The third-order valence-electron chi connectivity index (χ3n) is 7.98. The third-order valence-corrected chi connectivity index (χ3v) is 7.98. The lowest BCUT2D eigenvalue weighted by atomic mass is 9.90. The minimum absolute atomic E-state index is 0.139. The van der Waals surface area contributed by atoms with Crippen molar-refractivity contribution >= 4 is 11.9 Å². The summed E-state index contributed by atoms with van der Waals surface area (Å²) in [5.74, 6) is -0.00218. The molecule has 1 aromatic heterocycles. The second-order valence-corrected chi connectivity index (χ2v) is 11.1. The number of rotatable bonds is 9.